The number of halogens is 1. The Morgan fingerprint density at radius 3 is 2.11 bits per heavy atom. The van der Waals surface area contributed by atoms with Crippen molar-refractivity contribution in [1.29, 1.82) is 0 Å². The van der Waals surface area contributed by atoms with Gasteiger partial charge in [-0.3, -0.25) is 4.68 Å². The topological polar surface area (TPSA) is 17.8 Å². The summed E-state index contributed by atoms with van der Waals surface area (Å²) in [5.74, 6) is 0. The van der Waals surface area contributed by atoms with Crippen molar-refractivity contribution in [2.24, 2.45) is 5.41 Å². The van der Waals surface area contributed by atoms with Gasteiger partial charge in [-0.05, 0) is 40.8 Å². The largest absolute Gasteiger partial charge is 0.272 e. The van der Waals surface area contributed by atoms with Crippen LogP contribution >= 0.6 is 22.6 Å². The molecule has 3 heteroatoms. The van der Waals surface area contributed by atoms with E-state index in [9.17, 15) is 0 Å². The monoisotopic (exact) mass is 376 g/mol. The van der Waals surface area contributed by atoms with Gasteiger partial charge >= 0.3 is 0 Å². The van der Waals surface area contributed by atoms with Gasteiger partial charge in [-0.1, -0.05) is 59.3 Å². The van der Waals surface area contributed by atoms with Crippen molar-refractivity contribution >= 4 is 22.6 Å². The number of aryl methyl sites for hydroxylation is 1. The van der Waals surface area contributed by atoms with Crippen LogP contribution in [0, 0.1) is 8.99 Å². The number of hydrogen-bond acceptors (Lipinski definition) is 1. The van der Waals surface area contributed by atoms with E-state index in [1.165, 1.54) is 54.9 Å². The van der Waals surface area contributed by atoms with E-state index >= 15 is 0 Å². The minimum Gasteiger partial charge on any atom is -0.272 e. The molecule has 1 rings (SSSR count). The van der Waals surface area contributed by atoms with Gasteiger partial charge in [-0.25, -0.2) is 0 Å². The van der Waals surface area contributed by atoms with E-state index < -0.39 is 0 Å². The lowest BCUT2D eigenvalue weighted by Crippen LogP contribution is -2.03. The van der Waals surface area contributed by atoms with E-state index in [1.54, 1.807) is 0 Å². The van der Waals surface area contributed by atoms with Crippen molar-refractivity contribution in [2.75, 3.05) is 0 Å². The zero-order chi connectivity index (χ0) is 14.1. The molecule has 0 bridgehead atoms. The molecule has 1 aromatic heterocycles. The molecule has 1 aromatic rings. The highest BCUT2D eigenvalue weighted by Crippen LogP contribution is 2.22. The molecular weight excluding hydrogens is 347 g/mol. The summed E-state index contributed by atoms with van der Waals surface area (Å²) in [4.78, 5) is 0. The van der Waals surface area contributed by atoms with Crippen LogP contribution in [-0.4, -0.2) is 9.78 Å². The number of nitrogens with zero attached hydrogens (tertiary/aromatic N) is 2. The van der Waals surface area contributed by atoms with E-state index in [4.69, 9.17) is 0 Å². The first-order chi connectivity index (χ1) is 8.97. The highest BCUT2D eigenvalue weighted by molar-refractivity contribution is 14.1. The molecule has 0 atom stereocenters. The third-order valence-electron chi connectivity index (χ3n) is 3.42. The van der Waals surface area contributed by atoms with Crippen molar-refractivity contribution < 1.29 is 0 Å². The lowest BCUT2D eigenvalue weighted by molar-refractivity contribution is 0.356. The molecule has 0 aliphatic carbocycles. The molecule has 1 heterocycles. The van der Waals surface area contributed by atoms with Crippen LogP contribution < -0.4 is 0 Å². The van der Waals surface area contributed by atoms with Gasteiger partial charge in [0.15, 0.2) is 0 Å². The van der Waals surface area contributed by atoms with Gasteiger partial charge in [-0.2, -0.15) is 5.10 Å². The summed E-state index contributed by atoms with van der Waals surface area (Å²) < 4.78 is 3.29. The Hall–Kier alpha value is -0.0600. The molecule has 0 aliphatic rings. The van der Waals surface area contributed by atoms with E-state index in [2.05, 4.69) is 59.3 Å². The lowest BCUT2D eigenvalue weighted by atomic mass is 9.89. The van der Waals surface area contributed by atoms with Crippen LogP contribution in [0.2, 0.25) is 0 Å². The molecule has 0 N–H and O–H groups in total. The second-order valence-electron chi connectivity index (χ2n) is 6.71. The molecule has 0 fully saturated rings. The Morgan fingerprint density at radius 1 is 1.00 bits per heavy atom. The summed E-state index contributed by atoms with van der Waals surface area (Å²) >= 11 is 2.31. The van der Waals surface area contributed by atoms with E-state index in [1.807, 2.05) is 6.20 Å². The van der Waals surface area contributed by atoms with Gasteiger partial charge < -0.3 is 0 Å². The smallest absolute Gasteiger partial charge is 0.0623 e. The second-order valence-corrected chi connectivity index (χ2v) is 7.95. The number of rotatable bonds is 9. The number of hydrogen-bond donors (Lipinski definition) is 0. The second kappa shape index (κ2) is 8.98. The fraction of sp³-hybridized carbons (Fsp3) is 0.812. The molecular formula is C16H29IN2. The van der Waals surface area contributed by atoms with Crippen LogP contribution in [0.1, 0.15) is 72.1 Å². The zero-order valence-electron chi connectivity index (χ0n) is 12.8. The first kappa shape index (κ1) is 17.0. The van der Waals surface area contributed by atoms with E-state index in [0.717, 1.165) is 6.54 Å². The molecule has 0 saturated carbocycles. The van der Waals surface area contributed by atoms with Gasteiger partial charge in [0.05, 0.1) is 9.77 Å². The molecule has 0 amide bonds. The normalized spacial score (nSPS) is 12.0. The summed E-state index contributed by atoms with van der Waals surface area (Å²) in [6, 6.07) is 0. The van der Waals surface area contributed by atoms with Gasteiger partial charge in [0.25, 0.3) is 0 Å². The Kier molecular flexibility index (Phi) is 8.03. The predicted octanol–water partition coefficient (Wildman–Crippen LogP) is 5.65. The van der Waals surface area contributed by atoms with Crippen molar-refractivity contribution in [3.8, 4) is 0 Å². The first-order valence-electron chi connectivity index (χ1n) is 7.65. The summed E-state index contributed by atoms with van der Waals surface area (Å²) in [5.41, 5.74) is 0.515. The summed E-state index contributed by atoms with van der Waals surface area (Å²) in [7, 11) is 0. The molecule has 19 heavy (non-hydrogen) atoms. The van der Waals surface area contributed by atoms with Gasteiger partial charge in [0, 0.05) is 12.7 Å². The minimum atomic E-state index is 0.515. The maximum atomic E-state index is 4.31. The maximum absolute atomic E-state index is 4.31. The Morgan fingerprint density at radius 2 is 1.58 bits per heavy atom. The Labute approximate surface area is 132 Å². The third-order valence-corrected chi connectivity index (χ3v) is 3.97. The van der Waals surface area contributed by atoms with Crippen molar-refractivity contribution in [2.45, 2.75) is 78.7 Å². The molecule has 0 radical (unpaired) electrons. The van der Waals surface area contributed by atoms with Crippen LogP contribution in [0.4, 0.5) is 0 Å². The first-order valence-corrected chi connectivity index (χ1v) is 8.73. The Balaban J connectivity index is 1.86. The third kappa shape index (κ3) is 9.47. The maximum Gasteiger partial charge on any atom is 0.0623 e. The van der Waals surface area contributed by atoms with E-state index in [0.29, 0.717) is 5.41 Å². The SMILES string of the molecule is CC(C)(C)CCCCCCCCCn1cc(I)cn1. The van der Waals surface area contributed by atoms with E-state index in [-0.39, 0.29) is 0 Å². The van der Waals surface area contributed by atoms with Crippen molar-refractivity contribution in [3.63, 3.8) is 0 Å². The van der Waals surface area contributed by atoms with Crippen LogP contribution in [0.25, 0.3) is 0 Å². The molecule has 0 spiro atoms. The minimum absolute atomic E-state index is 0.515. The highest BCUT2D eigenvalue weighted by Gasteiger charge is 2.08. The Bertz CT molecular complexity index is 339. The molecule has 0 saturated heterocycles. The van der Waals surface area contributed by atoms with Crippen LogP contribution in [0.15, 0.2) is 12.4 Å². The molecule has 110 valence electrons. The number of aromatic nitrogens is 2. The standard InChI is InChI=1S/C16H29IN2/c1-16(2,3)11-9-7-5-4-6-8-10-12-19-14-15(17)13-18-19/h13-14H,4-12H2,1-3H3. The van der Waals surface area contributed by atoms with Crippen molar-refractivity contribution in [1.82, 2.24) is 9.78 Å². The average Bonchev–Trinajstić information content (AvgIpc) is 2.71. The van der Waals surface area contributed by atoms with Gasteiger partial charge in [0.1, 0.15) is 0 Å². The molecule has 2 nitrogen and oxygen atoms in total. The molecule has 0 unspecified atom stereocenters. The fourth-order valence-electron chi connectivity index (χ4n) is 2.27. The van der Waals surface area contributed by atoms with Gasteiger partial charge in [-0.15, -0.1) is 0 Å². The number of unbranched alkanes of at least 4 members (excludes halogenated alkanes) is 6. The quantitative estimate of drug-likeness (QED) is 0.402. The van der Waals surface area contributed by atoms with Crippen molar-refractivity contribution in [3.05, 3.63) is 16.0 Å². The predicted molar refractivity (Wildman–Crippen MR) is 91.3 cm³/mol. The van der Waals surface area contributed by atoms with Crippen LogP contribution in [-0.2, 0) is 6.54 Å². The molecule has 0 aliphatic heterocycles. The highest BCUT2D eigenvalue weighted by atomic mass is 127. The average molecular weight is 376 g/mol. The lowest BCUT2D eigenvalue weighted by Gasteiger charge is -2.17. The van der Waals surface area contributed by atoms with Crippen LogP contribution in [0.3, 0.4) is 0 Å². The molecule has 0 aromatic carbocycles. The summed E-state index contributed by atoms with van der Waals surface area (Å²) in [6.07, 6.45) is 15.0. The fourth-order valence-corrected chi connectivity index (χ4v) is 2.72. The summed E-state index contributed by atoms with van der Waals surface area (Å²) in [6.45, 7) is 8.09. The van der Waals surface area contributed by atoms with Gasteiger partial charge in [0.2, 0.25) is 0 Å². The summed E-state index contributed by atoms with van der Waals surface area (Å²) in [5, 5.41) is 4.31. The zero-order valence-corrected chi connectivity index (χ0v) is 14.9. The van der Waals surface area contributed by atoms with Crippen LogP contribution in [0.5, 0.6) is 0 Å².